The number of rotatable bonds is 4. The van der Waals surface area contributed by atoms with E-state index < -0.39 is 10.8 Å². The van der Waals surface area contributed by atoms with Gasteiger partial charge in [0.25, 0.3) is 5.69 Å². The summed E-state index contributed by atoms with van der Waals surface area (Å²) in [6, 6.07) is 7.16. The number of nitrogens with zero attached hydrogens (tertiary/aromatic N) is 2. The number of benzene rings is 1. The van der Waals surface area contributed by atoms with Crippen molar-refractivity contribution in [2.24, 2.45) is 0 Å². The van der Waals surface area contributed by atoms with Gasteiger partial charge in [-0.2, -0.15) is 0 Å². The van der Waals surface area contributed by atoms with Crippen molar-refractivity contribution in [1.29, 1.82) is 0 Å². The van der Waals surface area contributed by atoms with Crippen molar-refractivity contribution >= 4 is 11.7 Å². The van der Waals surface area contributed by atoms with Gasteiger partial charge in [0, 0.05) is 24.2 Å². The molecule has 2 saturated heterocycles. The summed E-state index contributed by atoms with van der Waals surface area (Å²) in [6.45, 7) is 1.78. The van der Waals surface area contributed by atoms with Gasteiger partial charge in [0.1, 0.15) is 6.10 Å². The van der Waals surface area contributed by atoms with Crippen LogP contribution in [0.4, 0.5) is 5.69 Å². The minimum atomic E-state index is -0.443. The molecule has 0 aliphatic carbocycles. The van der Waals surface area contributed by atoms with Crippen LogP contribution in [0.25, 0.3) is 0 Å². The number of ether oxygens (including phenoxy) is 1. The Labute approximate surface area is 135 Å². The van der Waals surface area contributed by atoms with E-state index in [-0.39, 0.29) is 17.8 Å². The van der Waals surface area contributed by atoms with Crippen LogP contribution in [0.5, 0.6) is 0 Å². The van der Waals surface area contributed by atoms with Crippen LogP contribution in [0.3, 0.4) is 0 Å². The third-order valence-corrected chi connectivity index (χ3v) is 5.30. The van der Waals surface area contributed by atoms with Crippen LogP contribution >= 0.6 is 0 Å². The van der Waals surface area contributed by atoms with E-state index in [9.17, 15) is 14.9 Å². The number of hydrogen-bond acceptors (Lipinski definition) is 5. The summed E-state index contributed by atoms with van der Waals surface area (Å²) in [5, 5.41) is 10.7. The van der Waals surface area contributed by atoms with Crippen molar-refractivity contribution in [3.8, 4) is 0 Å². The highest BCUT2D eigenvalue weighted by molar-refractivity contribution is 5.78. The van der Waals surface area contributed by atoms with Crippen LogP contribution in [0, 0.1) is 10.1 Å². The first-order valence-electron chi connectivity index (χ1n) is 8.12. The van der Waals surface area contributed by atoms with Gasteiger partial charge in [-0.05, 0) is 45.2 Å². The molecule has 4 atom stereocenters. The minimum Gasteiger partial charge on any atom is -0.462 e. The SMILES string of the molecule is CC(C(=O)OC1C[C@H]2CC[C@@H](C1)N2C)c1ccc([N+](=O)[O-])cc1. The molecular formula is C17H22N2O4. The predicted molar refractivity (Wildman–Crippen MR) is 85.2 cm³/mol. The first-order chi connectivity index (χ1) is 11.0. The maximum absolute atomic E-state index is 12.4. The number of nitro groups is 1. The molecule has 23 heavy (non-hydrogen) atoms. The van der Waals surface area contributed by atoms with Crippen LogP contribution in [-0.2, 0) is 9.53 Å². The number of esters is 1. The Morgan fingerprint density at radius 3 is 2.35 bits per heavy atom. The monoisotopic (exact) mass is 318 g/mol. The van der Waals surface area contributed by atoms with Crippen LogP contribution in [0.15, 0.2) is 24.3 Å². The molecule has 3 rings (SSSR count). The molecule has 0 saturated carbocycles. The van der Waals surface area contributed by atoms with Crippen molar-refractivity contribution < 1.29 is 14.5 Å². The number of nitro benzene ring substituents is 1. The second kappa shape index (κ2) is 6.28. The van der Waals surface area contributed by atoms with E-state index in [1.54, 1.807) is 19.1 Å². The number of piperidine rings is 1. The van der Waals surface area contributed by atoms with E-state index in [4.69, 9.17) is 4.74 Å². The van der Waals surface area contributed by atoms with E-state index in [1.165, 1.54) is 25.0 Å². The molecule has 0 aromatic heterocycles. The first-order valence-corrected chi connectivity index (χ1v) is 8.12. The molecule has 6 heteroatoms. The third kappa shape index (κ3) is 3.22. The molecule has 2 bridgehead atoms. The van der Waals surface area contributed by atoms with E-state index in [1.807, 2.05) is 0 Å². The van der Waals surface area contributed by atoms with E-state index in [0.29, 0.717) is 12.1 Å². The summed E-state index contributed by atoms with van der Waals surface area (Å²) < 4.78 is 5.71. The zero-order chi connectivity index (χ0) is 16.6. The second-order valence-electron chi connectivity index (χ2n) is 6.65. The standard InChI is InChI=1S/C17H22N2O4/c1-11(12-3-5-13(6-4-12)19(21)22)17(20)23-16-9-14-7-8-15(10-16)18(14)2/h3-6,11,14-16H,7-10H2,1-2H3/t11?,14-,15+,16?. The van der Waals surface area contributed by atoms with Crippen LogP contribution in [0.1, 0.15) is 44.1 Å². The number of carbonyl (C=O) groups is 1. The van der Waals surface area contributed by atoms with E-state index in [0.717, 1.165) is 18.4 Å². The molecule has 0 amide bonds. The fourth-order valence-corrected chi connectivity index (χ4v) is 3.74. The van der Waals surface area contributed by atoms with E-state index >= 15 is 0 Å². The average Bonchev–Trinajstić information content (AvgIpc) is 2.75. The van der Waals surface area contributed by atoms with Gasteiger partial charge in [-0.1, -0.05) is 12.1 Å². The van der Waals surface area contributed by atoms with Gasteiger partial charge in [0.2, 0.25) is 0 Å². The summed E-state index contributed by atoms with van der Waals surface area (Å²) in [4.78, 5) is 25.0. The van der Waals surface area contributed by atoms with Crippen LogP contribution in [-0.4, -0.2) is 41.0 Å². The smallest absolute Gasteiger partial charge is 0.313 e. The highest BCUT2D eigenvalue weighted by Crippen LogP contribution is 2.36. The van der Waals surface area contributed by atoms with Gasteiger partial charge in [-0.15, -0.1) is 0 Å². The fourth-order valence-electron chi connectivity index (χ4n) is 3.74. The highest BCUT2D eigenvalue weighted by atomic mass is 16.6. The largest absolute Gasteiger partial charge is 0.462 e. The lowest BCUT2D eigenvalue weighted by Gasteiger charge is -2.36. The molecule has 0 spiro atoms. The molecule has 2 heterocycles. The molecular weight excluding hydrogens is 296 g/mol. The predicted octanol–water partition coefficient (Wildman–Crippen LogP) is 2.87. The molecule has 2 aliphatic rings. The van der Waals surface area contributed by atoms with Gasteiger partial charge in [-0.25, -0.2) is 0 Å². The van der Waals surface area contributed by atoms with Crippen LogP contribution < -0.4 is 0 Å². The first kappa shape index (κ1) is 15.9. The fraction of sp³-hybridized carbons (Fsp3) is 0.588. The summed E-state index contributed by atoms with van der Waals surface area (Å²) in [7, 11) is 2.15. The third-order valence-electron chi connectivity index (χ3n) is 5.30. The average molecular weight is 318 g/mol. The van der Waals surface area contributed by atoms with Gasteiger partial charge < -0.3 is 9.64 Å². The molecule has 6 nitrogen and oxygen atoms in total. The molecule has 0 N–H and O–H groups in total. The zero-order valence-corrected chi connectivity index (χ0v) is 13.5. The lowest BCUT2D eigenvalue weighted by molar-refractivity contribution is -0.384. The number of carbonyl (C=O) groups excluding carboxylic acids is 1. The zero-order valence-electron chi connectivity index (χ0n) is 13.5. The van der Waals surface area contributed by atoms with Crippen molar-refractivity contribution in [2.75, 3.05) is 7.05 Å². The molecule has 2 fully saturated rings. The van der Waals surface area contributed by atoms with Crippen molar-refractivity contribution in [1.82, 2.24) is 4.90 Å². The maximum Gasteiger partial charge on any atom is 0.313 e. The summed E-state index contributed by atoms with van der Waals surface area (Å²) in [5.74, 6) is -0.652. The normalized spacial score (nSPS) is 28.3. The van der Waals surface area contributed by atoms with E-state index in [2.05, 4.69) is 11.9 Å². The molecule has 124 valence electrons. The Morgan fingerprint density at radius 1 is 1.26 bits per heavy atom. The Kier molecular flexibility index (Phi) is 4.35. The number of fused-ring (bicyclic) bond motifs is 2. The maximum atomic E-state index is 12.4. The van der Waals surface area contributed by atoms with Gasteiger partial charge >= 0.3 is 5.97 Å². The molecule has 2 aliphatic heterocycles. The second-order valence-corrected chi connectivity index (χ2v) is 6.65. The lowest BCUT2D eigenvalue weighted by atomic mass is 9.99. The molecule has 1 aromatic carbocycles. The Hall–Kier alpha value is -1.95. The van der Waals surface area contributed by atoms with Crippen molar-refractivity contribution in [2.45, 2.75) is 56.7 Å². The topological polar surface area (TPSA) is 72.7 Å². The highest BCUT2D eigenvalue weighted by Gasteiger charge is 2.40. The van der Waals surface area contributed by atoms with Gasteiger partial charge in [0.15, 0.2) is 0 Å². The quantitative estimate of drug-likeness (QED) is 0.485. The minimum absolute atomic E-state index is 0.00306. The Balaban J connectivity index is 1.60. The van der Waals surface area contributed by atoms with Gasteiger partial charge in [0.05, 0.1) is 10.8 Å². The van der Waals surface area contributed by atoms with Crippen LogP contribution in [0.2, 0.25) is 0 Å². The number of hydrogen-bond donors (Lipinski definition) is 0. The van der Waals surface area contributed by atoms with Crippen molar-refractivity contribution in [3.05, 3.63) is 39.9 Å². The summed E-state index contributed by atoms with van der Waals surface area (Å²) in [5.41, 5.74) is 0.776. The van der Waals surface area contributed by atoms with Gasteiger partial charge in [-0.3, -0.25) is 14.9 Å². The Bertz CT molecular complexity index is 587. The molecule has 2 unspecified atom stereocenters. The summed E-state index contributed by atoms with van der Waals surface area (Å²) in [6.07, 6.45) is 4.19. The number of non-ortho nitro benzene ring substituents is 1. The molecule has 0 radical (unpaired) electrons. The molecule has 1 aromatic rings. The summed E-state index contributed by atoms with van der Waals surface area (Å²) >= 11 is 0. The van der Waals surface area contributed by atoms with Crippen molar-refractivity contribution in [3.63, 3.8) is 0 Å². The lowest BCUT2D eigenvalue weighted by Crippen LogP contribution is -2.43. The Morgan fingerprint density at radius 2 is 1.83 bits per heavy atom.